The fourth-order valence-corrected chi connectivity index (χ4v) is 1.52. The van der Waals surface area contributed by atoms with Crippen molar-refractivity contribution in [2.75, 3.05) is 13.2 Å². The second kappa shape index (κ2) is 7.45. The van der Waals surface area contributed by atoms with Gasteiger partial charge in [-0.15, -0.1) is 6.58 Å². The van der Waals surface area contributed by atoms with E-state index in [1.807, 2.05) is 11.4 Å². The number of benzene rings is 1. The molecule has 1 amide bonds. The Balaban J connectivity index is 2.87. The lowest BCUT2D eigenvalue weighted by atomic mass is 10.1. The first-order valence-corrected chi connectivity index (χ1v) is 5.95. The molecule has 0 aromatic heterocycles. The fraction of sp³-hybridized carbons (Fsp3) is 0.286. The topological polar surface area (TPSA) is 62.1 Å². The minimum Gasteiger partial charge on any atom is -0.375 e. The molecule has 0 fully saturated rings. The number of carbonyl (C=O) groups is 1. The van der Waals surface area contributed by atoms with Crippen LogP contribution >= 0.6 is 0 Å². The Morgan fingerprint density at radius 1 is 1.43 bits per heavy atom. The number of carbonyl (C=O) groups excluding carboxylic acids is 1. The summed E-state index contributed by atoms with van der Waals surface area (Å²) in [5.74, 6) is -2.04. The summed E-state index contributed by atoms with van der Waals surface area (Å²) >= 11 is 0. The van der Waals surface area contributed by atoms with Gasteiger partial charge in [0.1, 0.15) is 0 Å². The van der Waals surface area contributed by atoms with Gasteiger partial charge in [0.05, 0.1) is 30.9 Å². The van der Waals surface area contributed by atoms with Gasteiger partial charge in [0.15, 0.2) is 0 Å². The van der Waals surface area contributed by atoms with E-state index in [0.717, 1.165) is 0 Å². The first-order chi connectivity index (χ1) is 9.88. The van der Waals surface area contributed by atoms with Crippen LogP contribution in [0.3, 0.4) is 0 Å². The number of ether oxygens (including phenoxy) is 1. The highest BCUT2D eigenvalue weighted by Crippen LogP contribution is 2.19. The molecule has 7 heteroatoms. The van der Waals surface area contributed by atoms with Gasteiger partial charge in [-0.1, -0.05) is 18.2 Å². The largest absolute Gasteiger partial charge is 0.471 e. The zero-order valence-corrected chi connectivity index (χ0v) is 11.0. The summed E-state index contributed by atoms with van der Waals surface area (Å²) < 4.78 is 42.1. The molecule has 0 spiro atoms. The number of nitrogens with one attached hydrogen (secondary N) is 1. The Labute approximate surface area is 119 Å². The van der Waals surface area contributed by atoms with Gasteiger partial charge in [-0.2, -0.15) is 18.4 Å². The van der Waals surface area contributed by atoms with Gasteiger partial charge in [0, 0.05) is 0 Å². The van der Waals surface area contributed by atoms with Gasteiger partial charge in [-0.3, -0.25) is 4.79 Å². The number of alkyl halides is 3. The molecule has 0 aliphatic carbocycles. The molecule has 112 valence electrons. The summed E-state index contributed by atoms with van der Waals surface area (Å²) in [5, 5.41) is 10.6. The van der Waals surface area contributed by atoms with Gasteiger partial charge in [-0.05, 0) is 17.7 Å². The van der Waals surface area contributed by atoms with E-state index < -0.39 is 18.1 Å². The summed E-state index contributed by atoms with van der Waals surface area (Å²) in [6, 6.07) is 6.78. The zero-order valence-electron chi connectivity index (χ0n) is 11.0. The van der Waals surface area contributed by atoms with Crippen molar-refractivity contribution >= 4 is 5.91 Å². The molecule has 0 saturated carbocycles. The van der Waals surface area contributed by atoms with E-state index in [-0.39, 0.29) is 13.2 Å². The van der Waals surface area contributed by atoms with Gasteiger partial charge < -0.3 is 10.1 Å². The van der Waals surface area contributed by atoms with Crippen LogP contribution in [0.25, 0.3) is 0 Å². The molecule has 4 nitrogen and oxygen atoms in total. The van der Waals surface area contributed by atoms with Gasteiger partial charge in [0.2, 0.25) is 0 Å². The molecule has 1 N–H and O–H groups in total. The molecular weight excluding hydrogens is 285 g/mol. The van der Waals surface area contributed by atoms with Crippen molar-refractivity contribution in [1.82, 2.24) is 5.32 Å². The third kappa shape index (κ3) is 5.28. The van der Waals surface area contributed by atoms with Gasteiger partial charge >= 0.3 is 12.1 Å². The summed E-state index contributed by atoms with van der Waals surface area (Å²) in [7, 11) is 0. The van der Waals surface area contributed by atoms with Crippen molar-refractivity contribution in [3.8, 4) is 6.07 Å². The van der Waals surface area contributed by atoms with Crippen LogP contribution < -0.4 is 5.32 Å². The standard InChI is InChI=1S/C14H13F3N2O2/c1-2-7-21-9-12(19-13(20)14(15,16)17)11-5-3-10(8-18)4-6-11/h2-6,12H,1,7,9H2,(H,19,20). The lowest BCUT2D eigenvalue weighted by Gasteiger charge is -2.20. The van der Waals surface area contributed by atoms with Crippen LogP contribution in [0.1, 0.15) is 17.2 Å². The molecule has 1 aromatic carbocycles. The van der Waals surface area contributed by atoms with E-state index in [0.29, 0.717) is 11.1 Å². The first kappa shape index (κ1) is 16.7. The van der Waals surface area contributed by atoms with Crippen molar-refractivity contribution in [3.63, 3.8) is 0 Å². The number of halogens is 3. The average Bonchev–Trinajstić information content (AvgIpc) is 2.45. The molecule has 0 bridgehead atoms. The second-order valence-corrected chi connectivity index (χ2v) is 4.08. The van der Waals surface area contributed by atoms with E-state index in [2.05, 4.69) is 6.58 Å². The normalized spacial score (nSPS) is 12.3. The molecule has 0 radical (unpaired) electrons. The molecular formula is C14H13F3N2O2. The minimum absolute atomic E-state index is 0.139. The zero-order chi connectivity index (χ0) is 15.9. The average molecular weight is 298 g/mol. The second-order valence-electron chi connectivity index (χ2n) is 4.08. The maximum absolute atomic E-state index is 12.3. The van der Waals surface area contributed by atoms with Crippen molar-refractivity contribution in [2.24, 2.45) is 0 Å². The quantitative estimate of drug-likeness (QED) is 0.648. The highest BCUT2D eigenvalue weighted by molar-refractivity contribution is 5.82. The summed E-state index contributed by atoms with van der Waals surface area (Å²) in [5.41, 5.74) is 0.780. The summed E-state index contributed by atoms with van der Waals surface area (Å²) in [6.45, 7) is 3.43. The number of nitriles is 1. The van der Waals surface area contributed by atoms with Crippen molar-refractivity contribution in [3.05, 3.63) is 48.0 Å². The highest BCUT2D eigenvalue weighted by Gasteiger charge is 2.39. The number of hydrogen-bond donors (Lipinski definition) is 1. The van der Waals surface area contributed by atoms with Crippen molar-refractivity contribution in [1.29, 1.82) is 5.26 Å². The van der Waals surface area contributed by atoms with Crippen molar-refractivity contribution in [2.45, 2.75) is 12.2 Å². The van der Waals surface area contributed by atoms with Crippen LogP contribution in [0.4, 0.5) is 13.2 Å². The molecule has 0 aliphatic heterocycles. The third-order valence-electron chi connectivity index (χ3n) is 2.53. The number of nitrogens with zero attached hydrogens (tertiary/aromatic N) is 1. The van der Waals surface area contributed by atoms with E-state index in [1.165, 1.54) is 30.3 Å². The maximum Gasteiger partial charge on any atom is 0.471 e. The van der Waals surface area contributed by atoms with E-state index >= 15 is 0 Å². The Kier molecular flexibility index (Phi) is 5.93. The monoisotopic (exact) mass is 298 g/mol. The van der Waals surface area contributed by atoms with Crippen LogP contribution in [-0.4, -0.2) is 25.3 Å². The molecule has 0 saturated heterocycles. The molecule has 0 heterocycles. The lowest BCUT2D eigenvalue weighted by Crippen LogP contribution is -2.40. The van der Waals surface area contributed by atoms with Gasteiger partial charge in [-0.25, -0.2) is 0 Å². The Morgan fingerprint density at radius 2 is 2.05 bits per heavy atom. The molecule has 1 aromatic rings. The van der Waals surface area contributed by atoms with E-state index in [9.17, 15) is 18.0 Å². The summed E-state index contributed by atoms with van der Waals surface area (Å²) in [4.78, 5) is 11.0. The SMILES string of the molecule is C=CCOCC(NC(=O)C(F)(F)F)c1ccc(C#N)cc1. The van der Waals surface area contributed by atoms with E-state index in [4.69, 9.17) is 10.00 Å². The predicted octanol–water partition coefficient (Wildman–Crippen LogP) is 2.48. The molecule has 0 aliphatic rings. The lowest BCUT2D eigenvalue weighted by molar-refractivity contribution is -0.174. The Morgan fingerprint density at radius 3 is 2.52 bits per heavy atom. The molecule has 21 heavy (non-hydrogen) atoms. The number of rotatable bonds is 6. The fourth-order valence-electron chi connectivity index (χ4n) is 1.52. The Bertz CT molecular complexity index is 533. The molecule has 1 atom stereocenters. The molecule has 1 unspecified atom stereocenters. The first-order valence-electron chi connectivity index (χ1n) is 5.95. The van der Waals surface area contributed by atoms with Crippen LogP contribution in [0.5, 0.6) is 0 Å². The van der Waals surface area contributed by atoms with Crippen LogP contribution in [0.15, 0.2) is 36.9 Å². The minimum atomic E-state index is -4.97. The van der Waals surface area contributed by atoms with Crippen LogP contribution in [0, 0.1) is 11.3 Å². The van der Waals surface area contributed by atoms with E-state index in [1.54, 1.807) is 0 Å². The van der Waals surface area contributed by atoms with Crippen LogP contribution in [0.2, 0.25) is 0 Å². The number of amides is 1. The smallest absolute Gasteiger partial charge is 0.375 e. The highest BCUT2D eigenvalue weighted by atomic mass is 19.4. The Hall–Kier alpha value is -2.33. The predicted molar refractivity (Wildman–Crippen MR) is 69.1 cm³/mol. The van der Waals surface area contributed by atoms with Crippen molar-refractivity contribution < 1.29 is 22.7 Å². The van der Waals surface area contributed by atoms with Gasteiger partial charge in [0.25, 0.3) is 0 Å². The number of hydrogen-bond acceptors (Lipinski definition) is 3. The third-order valence-corrected chi connectivity index (χ3v) is 2.53. The van der Waals surface area contributed by atoms with Crippen LogP contribution in [-0.2, 0) is 9.53 Å². The summed E-state index contributed by atoms with van der Waals surface area (Å²) in [6.07, 6.45) is -3.52. The molecule has 1 rings (SSSR count). The maximum atomic E-state index is 12.3.